The van der Waals surface area contributed by atoms with E-state index >= 15 is 0 Å². The fraction of sp³-hybridized carbons (Fsp3) is 0.500. The highest BCUT2D eigenvalue weighted by atomic mass is 32.1. The molecule has 7 nitrogen and oxygen atoms in total. The van der Waals surface area contributed by atoms with Crippen LogP contribution in [0.15, 0.2) is 10.2 Å². The zero-order valence-electron chi connectivity index (χ0n) is 16.9. The second-order valence-electron chi connectivity index (χ2n) is 7.49. The molecule has 1 saturated heterocycles. The number of fused-ring (bicyclic) bond motifs is 1. The quantitative estimate of drug-likeness (QED) is 0.672. The normalized spacial score (nSPS) is 15.3. The van der Waals surface area contributed by atoms with Crippen molar-refractivity contribution >= 4 is 38.8 Å². The Morgan fingerprint density at radius 1 is 1.17 bits per heavy atom. The Labute approximate surface area is 177 Å². The molecule has 0 bridgehead atoms. The highest BCUT2D eigenvalue weighted by Crippen LogP contribution is 2.25. The summed E-state index contributed by atoms with van der Waals surface area (Å²) in [6.45, 7) is 9.99. The van der Waals surface area contributed by atoms with E-state index in [0.717, 1.165) is 58.7 Å². The number of nitrogens with zero attached hydrogens (tertiary/aromatic N) is 4. The lowest BCUT2D eigenvalue weighted by Gasteiger charge is -2.34. The van der Waals surface area contributed by atoms with Gasteiger partial charge in [0.05, 0.1) is 16.1 Å². The highest BCUT2D eigenvalue weighted by molar-refractivity contribution is 7.18. The van der Waals surface area contributed by atoms with Crippen LogP contribution >= 0.6 is 22.7 Å². The van der Waals surface area contributed by atoms with Crippen molar-refractivity contribution in [1.29, 1.82) is 0 Å². The molecule has 1 aliphatic heterocycles. The lowest BCUT2D eigenvalue weighted by atomic mass is 10.2. The maximum Gasteiger partial charge on any atom is 0.259 e. The second kappa shape index (κ2) is 8.33. The van der Waals surface area contributed by atoms with Gasteiger partial charge in [-0.1, -0.05) is 0 Å². The number of thiazole rings is 1. The summed E-state index contributed by atoms with van der Waals surface area (Å²) in [5, 5.41) is 3.87. The summed E-state index contributed by atoms with van der Waals surface area (Å²) < 4.78 is 0. The Balaban J connectivity index is 1.31. The molecule has 0 radical (unpaired) electrons. The van der Waals surface area contributed by atoms with E-state index in [1.54, 1.807) is 11.3 Å². The van der Waals surface area contributed by atoms with Crippen molar-refractivity contribution in [3.8, 4) is 0 Å². The first-order valence-corrected chi connectivity index (χ1v) is 11.5. The summed E-state index contributed by atoms with van der Waals surface area (Å²) in [6.07, 6.45) is 0.821. The summed E-state index contributed by atoms with van der Waals surface area (Å²) >= 11 is 3.21. The van der Waals surface area contributed by atoms with Crippen LogP contribution in [0.5, 0.6) is 0 Å². The van der Waals surface area contributed by atoms with Crippen molar-refractivity contribution in [2.24, 2.45) is 0 Å². The predicted octanol–water partition coefficient (Wildman–Crippen LogP) is 2.64. The number of aryl methyl sites for hydroxylation is 4. The van der Waals surface area contributed by atoms with Crippen LogP contribution in [-0.2, 0) is 17.8 Å². The first-order chi connectivity index (χ1) is 13.9. The van der Waals surface area contributed by atoms with Gasteiger partial charge in [0.1, 0.15) is 10.7 Å². The van der Waals surface area contributed by atoms with Crippen molar-refractivity contribution in [3.63, 3.8) is 0 Å². The molecule has 1 amide bonds. The summed E-state index contributed by atoms with van der Waals surface area (Å²) in [7, 11) is 0. The molecule has 0 atom stereocenters. The van der Waals surface area contributed by atoms with Gasteiger partial charge in [-0.05, 0) is 26.3 Å². The van der Waals surface area contributed by atoms with Gasteiger partial charge in [0.2, 0.25) is 5.91 Å². The van der Waals surface area contributed by atoms with Crippen LogP contribution in [0.3, 0.4) is 0 Å². The van der Waals surface area contributed by atoms with E-state index in [-0.39, 0.29) is 11.5 Å². The number of piperazine rings is 1. The van der Waals surface area contributed by atoms with Crippen molar-refractivity contribution < 1.29 is 4.79 Å². The molecular weight excluding hydrogens is 406 g/mol. The smallest absolute Gasteiger partial charge is 0.259 e. The van der Waals surface area contributed by atoms with E-state index in [4.69, 9.17) is 0 Å². The number of rotatable bonds is 5. The number of carbonyl (C=O) groups excluding carboxylic acids is 1. The minimum absolute atomic E-state index is 0.106. The maximum atomic E-state index is 12.6. The largest absolute Gasteiger partial charge is 0.340 e. The third kappa shape index (κ3) is 4.41. The van der Waals surface area contributed by atoms with Crippen LogP contribution in [-0.4, -0.2) is 56.8 Å². The first kappa shape index (κ1) is 20.2. The van der Waals surface area contributed by atoms with Crippen molar-refractivity contribution in [2.75, 3.05) is 26.2 Å². The first-order valence-electron chi connectivity index (χ1n) is 9.80. The average Bonchev–Trinajstić information content (AvgIpc) is 3.23. The molecule has 0 saturated carbocycles. The molecule has 1 N–H and O–H groups in total. The molecule has 29 heavy (non-hydrogen) atoms. The topological polar surface area (TPSA) is 82.2 Å². The van der Waals surface area contributed by atoms with Gasteiger partial charge in [0.15, 0.2) is 0 Å². The summed E-state index contributed by atoms with van der Waals surface area (Å²) in [4.78, 5) is 43.1. The number of hydrogen-bond acceptors (Lipinski definition) is 7. The molecule has 9 heteroatoms. The fourth-order valence-electron chi connectivity index (χ4n) is 3.67. The van der Waals surface area contributed by atoms with Crippen LogP contribution in [0.25, 0.3) is 10.2 Å². The molecule has 3 aromatic rings. The van der Waals surface area contributed by atoms with E-state index in [1.165, 1.54) is 11.3 Å². The van der Waals surface area contributed by atoms with Crippen molar-refractivity contribution in [1.82, 2.24) is 24.8 Å². The zero-order chi connectivity index (χ0) is 20.5. The molecular formula is C20H25N5O2S2. The van der Waals surface area contributed by atoms with Gasteiger partial charge >= 0.3 is 0 Å². The number of H-pyrrole nitrogens is 1. The van der Waals surface area contributed by atoms with Crippen LogP contribution in [0.4, 0.5) is 0 Å². The zero-order valence-corrected chi connectivity index (χ0v) is 18.6. The molecule has 0 unspecified atom stereocenters. The van der Waals surface area contributed by atoms with E-state index in [2.05, 4.69) is 25.2 Å². The SMILES string of the molecule is Cc1nc(CN2CCN(C(=O)CCc3nc4sc(C)c(C)c4c(=O)[nH]3)CC2)cs1. The number of thiophene rings is 1. The monoisotopic (exact) mass is 431 g/mol. The van der Waals surface area contributed by atoms with Gasteiger partial charge in [0.25, 0.3) is 5.56 Å². The Morgan fingerprint density at radius 3 is 2.62 bits per heavy atom. The molecule has 0 aromatic carbocycles. The number of aromatic nitrogens is 3. The Bertz CT molecular complexity index is 1090. The van der Waals surface area contributed by atoms with E-state index in [1.807, 2.05) is 25.7 Å². The van der Waals surface area contributed by atoms with Crippen LogP contribution in [0.1, 0.15) is 33.4 Å². The van der Waals surface area contributed by atoms with Gasteiger partial charge in [-0.3, -0.25) is 14.5 Å². The second-order valence-corrected chi connectivity index (χ2v) is 9.76. The van der Waals surface area contributed by atoms with E-state index in [0.29, 0.717) is 24.1 Å². The molecule has 4 heterocycles. The minimum Gasteiger partial charge on any atom is -0.340 e. The third-order valence-electron chi connectivity index (χ3n) is 5.44. The average molecular weight is 432 g/mol. The number of carbonyl (C=O) groups is 1. The van der Waals surface area contributed by atoms with Gasteiger partial charge in [-0.2, -0.15) is 0 Å². The number of aromatic amines is 1. The molecule has 154 valence electrons. The highest BCUT2D eigenvalue weighted by Gasteiger charge is 2.22. The lowest BCUT2D eigenvalue weighted by molar-refractivity contribution is -0.133. The Kier molecular flexibility index (Phi) is 5.80. The van der Waals surface area contributed by atoms with E-state index in [9.17, 15) is 9.59 Å². The molecule has 3 aromatic heterocycles. The van der Waals surface area contributed by atoms with Crippen LogP contribution in [0.2, 0.25) is 0 Å². The standard InChI is InChI=1S/C20H25N5O2S2/c1-12-13(2)29-20-18(12)19(27)22-16(23-20)4-5-17(26)25-8-6-24(7-9-25)10-15-11-28-14(3)21-15/h11H,4-10H2,1-3H3,(H,22,23,27). The molecule has 4 rings (SSSR count). The van der Waals surface area contributed by atoms with Gasteiger partial charge < -0.3 is 9.88 Å². The van der Waals surface area contributed by atoms with Crippen LogP contribution < -0.4 is 5.56 Å². The molecule has 0 aliphatic carbocycles. The summed E-state index contributed by atoms with van der Waals surface area (Å²) in [5.41, 5.74) is 1.99. The van der Waals surface area contributed by atoms with Gasteiger partial charge in [-0.15, -0.1) is 22.7 Å². The minimum atomic E-state index is -0.106. The number of amides is 1. The number of hydrogen-bond donors (Lipinski definition) is 1. The number of nitrogens with one attached hydrogen (secondary N) is 1. The van der Waals surface area contributed by atoms with Crippen LogP contribution in [0, 0.1) is 20.8 Å². The fourth-order valence-corrected chi connectivity index (χ4v) is 5.32. The van der Waals surface area contributed by atoms with Crippen molar-refractivity contribution in [2.45, 2.75) is 40.2 Å². The predicted molar refractivity (Wildman–Crippen MR) is 117 cm³/mol. The Morgan fingerprint density at radius 2 is 1.93 bits per heavy atom. The van der Waals surface area contributed by atoms with Crippen molar-refractivity contribution in [3.05, 3.63) is 42.7 Å². The summed E-state index contributed by atoms with van der Waals surface area (Å²) in [5.74, 6) is 0.713. The summed E-state index contributed by atoms with van der Waals surface area (Å²) in [6, 6.07) is 0. The molecule has 1 fully saturated rings. The third-order valence-corrected chi connectivity index (χ3v) is 7.36. The molecule has 1 aliphatic rings. The van der Waals surface area contributed by atoms with Gasteiger partial charge in [0, 0.05) is 55.8 Å². The maximum absolute atomic E-state index is 12.6. The Hall–Kier alpha value is -2.10. The lowest BCUT2D eigenvalue weighted by Crippen LogP contribution is -2.48. The van der Waals surface area contributed by atoms with E-state index < -0.39 is 0 Å². The molecule has 0 spiro atoms. The van der Waals surface area contributed by atoms with Gasteiger partial charge in [-0.25, -0.2) is 9.97 Å².